The Labute approximate surface area is 148 Å². The molecular formula is C17H16ClN3O4. The molecule has 0 atom stereocenters. The number of amides is 1. The number of alkyl halides is 1. The maximum atomic E-state index is 12.3. The molecule has 130 valence electrons. The number of benzene rings is 2. The molecular weight excluding hydrogens is 346 g/mol. The lowest BCUT2D eigenvalue weighted by molar-refractivity contribution is 0.0693. The Hall–Kier alpha value is -3.06. The maximum absolute atomic E-state index is 12.3. The van der Waals surface area contributed by atoms with Gasteiger partial charge in [0.25, 0.3) is 5.91 Å². The van der Waals surface area contributed by atoms with Crippen molar-refractivity contribution in [3.8, 4) is 5.75 Å². The number of nitrogens with zero attached hydrogens (tertiary/aromatic N) is 1. The third-order valence-electron chi connectivity index (χ3n) is 3.34. The van der Waals surface area contributed by atoms with Crippen molar-refractivity contribution in [2.24, 2.45) is 10.7 Å². The number of amidine groups is 1. The zero-order valence-electron chi connectivity index (χ0n) is 13.3. The standard InChI is InChI=1S/C17H16ClN3O4/c1-9-6-10(2-4-13(9)21-15(19)8-18)16(23)20-11-3-5-14(22)12(7-11)17(24)25/h2-7,22H,8H2,1H3,(H2,19,21)(H,20,23)(H,24,25). The van der Waals surface area contributed by atoms with E-state index in [-0.39, 0.29) is 28.7 Å². The van der Waals surface area contributed by atoms with Crippen molar-refractivity contribution in [3.05, 3.63) is 53.1 Å². The van der Waals surface area contributed by atoms with Crippen LogP contribution < -0.4 is 11.1 Å². The molecule has 1 amide bonds. The largest absolute Gasteiger partial charge is 0.507 e. The smallest absolute Gasteiger partial charge is 0.339 e. The summed E-state index contributed by atoms with van der Waals surface area (Å²) in [6.45, 7) is 1.78. The number of aryl methyl sites for hydroxylation is 1. The lowest BCUT2D eigenvalue weighted by Crippen LogP contribution is -2.13. The Bertz CT molecular complexity index is 865. The van der Waals surface area contributed by atoms with Crippen LogP contribution in [0.25, 0.3) is 0 Å². The third-order valence-corrected chi connectivity index (χ3v) is 3.62. The summed E-state index contributed by atoms with van der Waals surface area (Å²) < 4.78 is 0. The number of hydrogen-bond acceptors (Lipinski definition) is 4. The first-order chi connectivity index (χ1) is 11.8. The van der Waals surface area contributed by atoms with Gasteiger partial charge in [0.05, 0.1) is 11.6 Å². The maximum Gasteiger partial charge on any atom is 0.339 e. The van der Waals surface area contributed by atoms with Gasteiger partial charge in [0.2, 0.25) is 0 Å². The van der Waals surface area contributed by atoms with Crippen LogP contribution in [0, 0.1) is 6.92 Å². The van der Waals surface area contributed by atoms with Crippen LogP contribution in [0.1, 0.15) is 26.3 Å². The molecule has 0 aromatic heterocycles. The second-order valence-corrected chi connectivity index (χ2v) is 5.50. The first-order valence-corrected chi connectivity index (χ1v) is 7.72. The number of hydrogen-bond donors (Lipinski definition) is 4. The highest BCUT2D eigenvalue weighted by Gasteiger charge is 2.13. The summed E-state index contributed by atoms with van der Waals surface area (Å²) in [7, 11) is 0. The van der Waals surface area contributed by atoms with Gasteiger partial charge in [-0.25, -0.2) is 9.79 Å². The molecule has 0 unspecified atom stereocenters. The normalized spacial score (nSPS) is 11.2. The van der Waals surface area contributed by atoms with Crippen molar-refractivity contribution < 1.29 is 19.8 Å². The van der Waals surface area contributed by atoms with Gasteiger partial charge in [-0.05, 0) is 48.9 Å². The van der Waals surface area contributed by atoms with Crippen molar-refractivity contribution in [2.45, 2.75) is 6.92 Å². The number of anilines is 1. The molecule has 0 saturated carbocycles. The topological polar surface area (TPSA) is 125 Å². The molecule has 8 heteroatoms. The van der Waals surface area contributed by atoms with Crippen molar-refractivity contribution >= 4 is 40.7 Å². The van der Waals surface area contributed by atoms with Crippen LogP contribution in [-0.4, -0.2) is 33.8 Å². The highest BCUT2D eigenvalue weighted by atomic mass is 35.5. The fourth-order valence-corrected chi connectivity index (χ4v) is 2.15. The van der Waals surface area contributed by atoms with Crippen LogP contribution in [-0.2, 0) is 0 Å². The molecule has 0 heterocycles. The van der Waals surface area contributed by atoms with E-state index in [2.05, 4.69) is 10.3 Å². The van der Waals surface area contributed by atoms with Crippen molar-refractivity contribution in [3.63, 3.8) is 0 Å². The summed E-state index contributed by atoms with van der Waals surface area (Å²) in [4.78, 5) is 27.5. The van der Waals surface area contributed by atoms with Gasteiger partial charge in [-0.15, -0.1) is 11.6 Å². The van der Waals surface area contributed by atoms with E-state index < -0.39 is 11.9 Å². The first kappa shape index (κ1) is 18.3. The van der Waals surface area contributed by atoms with E-state index in [9.17, 15) is 14.7 Å². The number of aromatic hydroxyl groups is 1. The molecule has 0 fully saturated rings. The van der Waals surface area contributed by atoms with Crippen LogP contribution in [0.2, 0.25) is 0 Å². The molecule has 2 aromatic rings. The minimum atomic E-state index is -1.29. The molecule has 0 bridgehead atoms. The van der Waals surface area contributed by atoms with Gasteiger partial charge in [-0.2, -0.15) is 0 Å². The van der Waals surface area contributed by atoms with Gasteiger partial charge >= 0.3 is 5.97 Å². The van der Waals surface area contributed by atoms with E-state index in [4.69, 9.17) is 22.4 Å². The molecule has 0 saturated heterocycles. The van der Waals surface area contributed by atoms with Gasteiger partial charge in [0, 0.05) is 11.3 Å². The number of halogens is 1. The highest BCUT2D eigenvalue weighted by Crippen LogP contribution is 2.23. The van der Waals surface area contributed by atoms with Crippen LogP contribution in [0.15, 0.2) is 41.4 Å². The minimum Gasteiger partial charge on any atom is -0.507 e. The van der Waals surface area contributed by atoms with Crippen LogP contribution in [0.3, 0.4) is 0 Å². The fourth-order valence-electron chi connectivity index (χ4n) is 2.10. The molecule has 5 N–H and O–H groups in total. The van der Waals surface area contributed by atoms with E-state index in [1.807, 2.05) is 0 Å². The van der Waals surface area contributed by atoms with E-state index in [0.29, 0.717) is 11.3 Å². The first-order valence-electron chi connectivity index (χ1n) is 7.19. The predicted molar refractivity (Wildman–Crippen MR) is 96.2 cm³/mol. The summed E-state index contributed by atoms with van der Waals surface area (Å²) in [5.41, 5.74) is 7.26. The van der Waals surface area contributed by atoms with Crippen LogP contribution >= 0.6 is 11.6 Å². The molecule has 25 heavy (non-hydrogen) atoms. The molecule has 0 aliphatic heterocycles. The number of carbonyl (C=O) groups is 2. The summed E-state index contributed by atoms with van der Waals surface area (Å²) in [6, 6.07) is 8.64. The average Bonchev–Trinajstić information content (AvgIpc) is 2.57. The van der Waals surface area contributed by atoms with Crippen LogP contribution in [0.4, 0.5) is 11.4 Å². The lowest BCUT2D eigenvalue weighted by atomic mass is 10.1. The molecule has 0 spiro atoms. The number of rotatable bonds is 5. The monoisotopic (exact) mass is 361 g/mol. The molecule has 0 radical (unpaired) electrons. The molecule has 2 aromatic carbocycles. The van der Waals surface area contributed by atoms with E-state index in [0.717, 1.165) is 5.56 Å². The molecule has 2 rings (SSSR count). The van der Waals surface area contributed by atoms with Crippen LogP contribution in [0.5, 0.6) is 5.75 Å². The molecule has 7 nitrogen and oxygen atoms in total. The number of aliphatic imine (C=N–C) groups is 1. The number of carboxylic acids is 1. The quantitative estimate of drug-likeness (QED) is 0.282. The average molecular weight is 362 g/mol. The second-order valence-electron chi connectivity index (χ2n) is 5.23. The van der Waals surface area contributed by atoms with Gasteiger partial charge in [0.15, 0.2) is 0 Å². The summed E-state index contributed by atoms with van der Waals surface area (Å²) in [5.74, 6) is -1.71. The third kappa shape index (κ3) is 4.48. The zero-order chi connectivity index (χ0) is 18.6. The Balaban J connectivity index is 2.23. The molecule has 0 aliphatic rings. The van der Waals surface area contributed by atoms with Gasteiger partial charge in [0.1, 0.15) is 17.1 Å². The Kier molecular flexibility index (Phi) is 5.61. The Morgan fingerprint density at radius 1 is 1.24 bits per heavy atom. The van der Waals surface area contributed by atoms with E-state index >= 15 is 0 Å². The minimum absolute atomic E-state index is 0.106. The number of nitrogens with one attached hydrogen (secondary N) is 1. The van der Waals surface area contributed by atoms with E-state index in [1.165, 1.54) is 18.2 Å². The number of phenols is 1. The number of carbonyl (C=O) groups excluding carboxylic acids is 1. The molecule has 0 aliphatic carbocycles. The van der Waals surface area contributed by atoms with Gasteiger partial charge < -0.3 is 21.3 Å². The summed E-state index contributed by atoms with van der Waals surface area (Å²) in [5, 5.41) is 21.1. The van der Waals surface area contributed by atoms with Gasteiger partial charge in [-0.3, -0.25) is 4.79 Å². The summed E-state index contributed by atoms with van der Waals surface area (Å²) in [6.07, 6.45) is 0. The SMILES string of the molecule is Cc1cc(C(=O)Nc2ccc(O)c(C(=O)O)c2)ccc1N=C(N)CCl. The van der Waals surface area contributed by atoms with Crippen molar-refractivity contribution in [1.82, 2.24) is 0 Å². The summed E-state index contributed by atoms with van der Waals surface area (Å²) >= 11 is 5.59. The fraction of sp³-hybridized carbons (Fsp3) is 0.118. The zero-order valence-corrected chi connectivity index (χ0v) is 14.0. The van der Waals surface area contributed by atoms with E-state index in [1.54, 1.807) is 25.1 Å². The van der Waals surface area contributed by atoms with Gasteiger partial charge in [-0.1, -0.05) is 0 Å². The van der Waals surface area contributed by atoms with Crippen molar-refractivity contribution in [2.75, 3.05) is 11.2 Å². The number of aromatic carboxylic acids is 1. The Morgan fingerprint density at radius 3 is 2.56 bits per heavy atom. The predicted octanol–water partition coefficient (Wildman–Crippen LogP) is 2.88. The Morgan fingerprint density at radius 2 is 1.96 bits per heavy atom. The highest BCUT2D eigenvalue weighted by molar-refractivity contribution is 6.28. The number of nitrogens with two attached hydrogens (primary N) is 1. The second kappa shape index (κ2) is 7.67. The lowest BCUT2D eigenvalue weighted by Gasteiger charge is -2.09. The number of carboxylic acid groups (broad SMARTS) is 1. The van der Waals surface area contributed by atoms with Crippen molar-refractivity contribution in [1.29, 1.82) is 0 Å².